The van der Waals surface area contributed by atoms with Crippen molar-refractivity contribution in [2.45, 2.75) is 56.5 Å². The lowest BCUT2D eigenvalue weighted by molar-refractivity contribution is -0.139. The highest BCUT2D eigenvalue weighted by molar-refractivity contribution is 7.99. The molecule has 0 heterocycles. The van der Waals surface area contributed by atoms with Gasteiger partial charge in [0.2, 0.25) is 11.8 Å². The predicted octanol–water partition coefficient (Wildman–Crippen LogP) is 7.58. The van der Waals surface area contributed by atoms with E-state index in [4.69, 9.17) is 34.8 Å². The van der Waals surface area contributed by atoms with E-state index in [9.17, 15) is 9.59 Å². The molecule has 4 rings (SSSR count). The Hall–Kier alpha value is -2.18. The minimum atomic E-state index is -0.633. The van der Waals surface area contributed by atoms with E-state index < -0.39 is 6.04 Å². The third kappa shape index (κ3) is 8.41. The summed E-state index contributed by atoms with van der Waals surface area (Å²) in [7, 11) is 0. The zero-order valence-electron chi connectivity index (χ0n) is 21.0. The van der Waals surface area contributed by atoms with Crippen molar-refractivity contribution in [1.29, 1.82) is 0 Å². The van der Waals surface area contributed by atoms with Gasteiger partial charge in [-0.25, -0.2) is 0 Å². The fourth-order valence-electron chi connectivity index (χ4n) is 4.68. The van der Waals surface area contributed by atoms with Crippen molar-refractivity contribution in [1.82, 2.24) is 10.2 Å². The Bertz CT molecular complexity index is 1220. The van der Waals surface area contributed by atoms with Gasteiger partial charge in [0.25, 0.3) is 0 Å². The van der Waals surface area contributed by atoms with Crippen LogP contribution < -0.4 is 5.32 Å². The van der Waals surface area contributed by atoms with E-state index in [2.05, 4.69) is 5.32 Å². The van der Waals surface area contributed by atoms with E-state index in [0.29, 0.717) is 33.8 Å². The van der Waals surface area contributed by atoms with Gasteiger partial charge in [0.1, 0.15) is 6.04 Å². The van der Waals surface area contributed by atoms with Crippen LogP contribution in [0.15, 0.2) is 72.8 Å². The van der Waals surface area contributed by atoms with Crippen LogP contribution in [0.5, 0.6) is 0 Å². The molecule has 0 spiro atoms. The van der Waals surface area contributed by atoms with Crippen LogP contribution in [0.1, 0.15) is 42.4 Å². The second-order valence-corrected chi connectivity index (χ2v) is 11.8. The lowest BCUT2D eigenvalue weighted by atomic mass is 10.0. The number of amides is 2. The number of halogens is 3. The van der Waals surface area contributed by atoms with Crippen LogP contribution in [-0.2, 0) is 28.3 Å². The molecule has 1 aliphatic carbocycles. The van der Waals surface area contributed by atoms with Gasteiger partial charge in [-0.2, -0.15) is 0 Å². The Morgan fingerprint density at radius 2 is 1.55 bits per heavy atom. The number of thioether (sulfide) groups is 1. The molecule has 0 saturated heterocycles. The lowest BCUT2D eigenvalue weighted by Gasteiger charge is -2.32. The van der Waals surface area contributed by atoms with Gasteiger partial charge in [-0.05, 0) is 53.8 Å². The largest absolute Gasteiger partial charge is 0.352 e. The van der Waals surface area contributed by atoms with Crippen LogP contribution in [0.4, 0.5) is 0 Å². The Labute approximate surface area is 244 Å². The second-order valence-electron chi connectivity index (χ2n) is 9.58. The fraction of sp³-hybridized carbons (Fsp3) is 0.333. The molecule has 2 amide bonds. The standard InChI is InChI=1S/C30H31Cl3N2O2S/c31-24-13-10-22(11-14-24)18-35(29(36)20-38-19-23-12-15-26(32)27(33)16-23)28(17-21-6-2-1-3-7-21)30(37)34-25-8-4-5-9-25/h1-3,6-7,10-16,25,28H,4-5,8-9,17-20H2,(H,34,37)/t28-/m1/s1. The van der Waals surface area contributed by atoms with Gasteiger partial charge in [-0.1, -0.05) is 96.2 Å². The van der Waals surface area contributed by atoms with E-state index in [-0.39, 0.29) is 23.6 Å². The van der Waals surface area contributed by atoms with Crippen molar-refractivity contribution in [2.75, 3.05) is 5.75 Å². The van der Waals surface area contributed by atoms with E-state index >= 15 is 0 Å². The number of carbonyl (C=O) groups excluding carboxylic acids is 2. The summed E-state index contributed by atoms with van der Waals surface area (Å²) in [5, 5.41) is 4.86. The number of hydrogen-bond donors (Lipinski definition) is 1. The average molecular weight is 590 g/mol. The SMILES string of the molecule is O=C(NC1CCCC1)[C@@H](Cc1ccccc1)N(Cc1ccc(Cl)cc1)C(=O)CSCc1ccc(Cl)c(Cl)c1. The second kappa shape index (κ2) is 14.3. The van der Waals surface area contributed by atoms with Crippen molar-refractivity contribution >= 4 is 58.4 Å². The molecule has 4 nitrogen and oxygen atoms in total. The molecule has 0 radical (unpaired) electrons. The molecule has 200 valence electrons. The van der Waals surface area contributed by atoms with Crippen LogP contribution in [-0.4, -0.2) is 34.6 Å². The third-order valence-corrected chi connectivity index (χ3v) is 8.70. The summed E-state index contributed by atoms with van der Waals surface area (Å²) < 4.78 is 0. The highest BCUT2D eigenvalue weighted by Gasteiger charge is 2.32. The van der Waals surface area contributed by atoms with E-state index in [1.807, 2.05) is 66.7 Å². The number of hydrogen-bond acceptors (Lipinski definition) is 3. The first-order chi connectivity index (χ1) is 18.4. The van der Waals surface area contributed by atoms with Gasteiger partial charge in [-0.3, -0.25) is 9.59 Å². The molecule has 0 aromatic heterocycles. The molecule has 3 aromatic carbocycles. The molecular weight excluding hydrogens is 559 g/mol. The zero-order chi connectivity index (χ0) is 26.9. The van der Waals surface area contributed by atoms with Crippen molar-refractivity contribution in [3.8, 4) is 0 Å². The number of nitrogens with zero attached hydrogens (tertiary/aromatic N) is 1. The number of nitrogens with one attached hydrogen (secondary N) is 1. The van der Waals surface area contributed by atoms with Gasteiger partial charge < -0.3 is 10.2 Å². The van der Waals surface area contributed by atoms with Crippen molar-refractivity contribution in [3.05, 3.63) is 105 Å². The Kier molecular flexibility index (Phi) is 10.8. The van der Waals surface area contributed by atoms with Crippen LogP contribution in [0.3, 0.4) is 0 Å². The van der Waals surface area contributed by atoms with Crippen molar-refractivity contribution in [3.63, 3.8) is 0 Å². The van der Waals surface area contributed by atoms with Crippen LogP contribution in [0.2, 0.25) is 15.1 Å². The summed E-state index contributed by atoms with van der Waals surface area (Å²) in [6, 6.07) is 22.3. The van der Waals surface area contributed by atoms with Crippen LogP contribution in [0, 0.1) is 0 Å². The summed E-state index contributed by atoms with van der Waals surface area (Å²) in [5.41, 5.74) is 2.92. The maximum Gasteiger partial charge on any atom is 0.243 e. The maximum absolute atomic E-state index is 13.8. The molecule has 1 saturated carbocycles. The Morgan fingerprint density at radius 3 is 2.24 bits per heavy atom. The quantitative estimate of drug-likeness (QED) is 0.251. The lowest BCUT2D eigenvalue weighted by Crippen LogP contribution is -2.52. The molecule has 8 heteroatoms. The Morgan fingerprint density at radius 1 is 0.868 bits per heavy atom. The zero-order valence-corrected chi connectivity index (χ0v) is 24.1. The summed E-state index contributed by atoms with van der Waals surface area (Å²) >= 11 is 19.8. The molecule has 1 fully saturated rings. The minimum absolute atomic E-state index is 0.0903. The molecule has 1 N–H and O–H groups in total. The normalized spacial score (nSPS) is 14.3. The third-order valence-electron chi connectivity index (χ3n) is 6.72. The molecule has 1 atom stereocenters. The first-order valence-corrected chi connectivity index (χ1v) is 15.1. The maximum atomic E-state index is 13.8. The molecule has 0 aliphatic heterocycles. The fourth-order valence-corrected chi connectivity index (χ4v) is 5.98. The van der Waals surface area contributed by atoms with E-state index in [1.54, 1.807) is 11.0 Å². The van der Waals surface area contributed by atoms with Crippen molar-refractivity contribution < 1.29 is 9.59 Å². The Balaban J connectivity index is 1.55. The first kappa shape index (κ1) is 28.8. The predicted molar refractivity (Wildman–Crippen MR) is 159 cm³/mol. The molecule has 3 aromatic rings. The topological polar surface area (TPSA) is 49.4 Å². The highest BCUT2D eigenvalue weighted by atomic mass is 35.5. The molecule has 0 bridgehead atoms. The van der Waals surface area contributed by atoms with Gasteiger partial charge in [0.05, 0.1) is 15.8 Å². The molecular formula is C30H31Cl3N2O2S. The smallest absolute Gasteiger partial charge is 0.243 e. The number of rotatable bonds is 11. The molecule has 0 unspecified atom stereocenters. The molecule has 1 aliphatic rings. The summed E-state index contributed by atoms with van der Waals surface area (Å²) in [6.07, 6.45) is 4.64. The monoisotopic (exact) mass is 588 g/mol. The summed E-state index contributed by atoms with van der Waals surface area (Å²) in [4.78, 5) is 29.2. The van der Waals surface area contributed by atoms with Gasteiger partial charge in [0, 0.05) is 29.8 Å². The van der Waals surface area contributed by atoms with Gasteiger partial charge in [-0.15, -0.1) is 11.8 Å². The van der Waals surface area contributed by atoms with Gasteiger partial charge >= 0.3 is 0 Å². The number of benzene rings is 3. The highest BCUT2D eigenvalue weighted by Crippen LogP contribution is 2.26. The average Bonchev–Trinajstić information content (AvgIpc) is 3.43. The first-order valence-electron chi connectivity index (χ1n) is 12.8. The summed E-state index contributed by atoms with van der Waals surface area (Å²) in [5.74, 6) is 0.648. The van der Waals surface area contributed by atoms with Crippen LogP contribution >= 0.6 is 46.6 Å². The van der Waals surface area contributed by atoms with Crippen molar-refractivity contribution in [2.24, 2.45) is 0 Å². The van der Waals surface area contributed by atoms with E-state index in [1.165, 1.54) is 11.8 Å². The van der Waals surface area contributed by atoms with Crippen LogP contribution in [0.25, 0.3) is 0 Å². The minimum Gasteiger partial charge on any atom is -0.352 e. The number of carbonyl (C=O) groups is 2. The van der Waals surface area contributed by atoms with Gasteiger partial charge in [0.15, 0.2) is 0 Å². The molecule has 38 heavy (non-hydrogen) atoms. The summed E-state index contributed by atoms with van der Waals surface area (Å²) in [6.45, 7) is 0.318. The van der Waals surface area contributed by atoms with E-state index in [0.717, 1.165) is 42.4 Å².